The number of pyridine rings is 2. The average molecular weight is 285 g/mol. The van der Waals surface area contributed by atoms with Gasteiger partial charge in [-0.3, -0.25) is 4.98 Å². The Morgan fingerprint density at radius 2 is 1.86 bits per heavy atom. The minimum atomic E-state index is -0.334. The molecule has 0 aromatic carbocycles. The van der Waals surface area contributed by atoms with E-state index in [1.165, 1.54) is 0 Å². The molecule has 0 fully saturated rings. The van der Waals surface area contributed by atoms with E-state index in [1.54, 1.807) is 18.6 Å². The molecule has 2 aromatic heterocycles. The fourth-order valence-corrected chi connectivity index (χ4v) is 2.41. The first-order valence-electron chi connectivity index (χ1n) is 7.24. The molecule has 0 aliphatic rings. The molecule has 0 radical (unpaired) electrons. The van der Waals surface area contributed by atoms with Crippen LogP contribution < -0.4 is 10.5 Å². The normalized spacial score (nSPS) is 14.0. The third-order valence-corrected chi connectivity index (χ3v) is 3.17. The van der Waals surface area contributed by atoms with Gasteiger partial charge in [-0.2, -0.15) is 0 Å². The first kappa shape index (κ1) is 15.4. The molecule has 4 heteroatoms. The Kier molecular flexibility index (Phi) is 4.91. The second-order valence-electron chi connectivity index (χ2n) is 6.16. The molecule has 4 nitrogen and oxygen atoms in total. The van der Waals surface area contributed by atoms with Crippen molar-refractivity contribution in [3.05, 3.63) is 42.9 Å². The number of ether oxygens (including phenoxy) is 1. The molecular formula is C17H23N3O. The zero-order valence-electron chi connectivity index (χ0n) is 12.9. The van der Waals surface area contributed by atoms with Crippen LogP contribution in [0.5, 0.6) is 5.88 Å². The van der Waals surface area contributed by atoms with Crippen molar-refractivity contribution in [3.63, 3.8) is 0 Å². The van der Waals surface area contributed by atoms with E-state index in [1.807, 2.05) is 31.2 Å². The molecule has 0 saturated heterocycles. The fraction of sp³-hybridized carbons (Fsp3) is 0.412. The minimum absolute atomic E-state index is 0.334. The molecule has 0 aliphatic heterocycles. The lowest BCUT2D eigenvalue weighted by molar-refractivity contribution is 0.200. The lowest BCUT2D eigenvalue weighted by atomic mass is 9.93. The number of hydrogen-bond donors (Lipinski definition) is 1. The molecule has 1 unspecified atom stereocenters. The maximum atomic E-state index is 6.23. The molecule has 2 N–H and O–H groups in total. The second-order valence-corrected chi connectivity index (χ2v) is 6.16. The number of rotatable bonds is 6. The Labute approximate surface area is 126 Å². The zero-order chi connectivity index (χ0) is 15.3. The Morgan fingerprint density at radius 3 is 2.43 bits per heavy atom. The fourth-order valence-electron chi connectivity index (χ4n) is 2.41. The van der Waals surface area contributed by atoms with Crippen LogP contribution in [-0.4, -0.2) is 22.1 Å². The highest BCUT2D eigenvalue weighted by Gasteiger charge is 2.21. The van der Waals surface area contributed by atoms with Gasteiger partial charge in [0.25, 0.3) is 0 Å². The summed E-state index contributed by atoms with van der Waals surface area (Å²) in [5.41, 5.74) is 8.03. The van der Waals surface area contributed by atoms with Gasteiger partial charge in [-0.1, -0.05) is 13.8 Å². The maximum Gasteiger partial charge on any atom is 0.213 e. The highest BCUT2D eigenvalue weighted by atomic mass is 16.5. The van der Waals surface area contributed by atoms with E-state index in [4.69, 9.17) is 10.5 Å². The Morgan fingerprint density at radius 1 is 1.14 bits per heavy atom. The summed E-state index contributed by atoms with van der Waals surface area (Å²) in [6.07, 6.45) is 6.26. The molecule has 0 bridgehead atoms. The van der Waals surface area contributed by atoms with Crippen molar-refractivity contribution in [2.75, 3.05) is 6.61 Å². The van der Waals surface area contributed by atoms with Gasteiger partial charge < -0.3 is 10.5 Å². The van der Waals surface area contributed by atoms with Crippen LogP contribution >= 0.6 is 0 Å². The lowest BCUT2D eigenvalue weighted by Crippen LogP contribution is -2.43. The molecule has 2 rings (SSSR count). The van der Waals surface area contributed by atoms with Crippen LogP contribution in [-0.2, 0) is 0 Å². The summed E-state index contributed by atoms with van der Waals surface area (Å²) < 4.78 is 5.71. The van der Waals surface area contributed by atoms with Crippen LogP contribution in [0.15, 0.2) is 42.9 Å². The Balaban J connectivity index is 1.97. The molecule has 1 atom stereocenters. The van der Waals surface area contributed by atoms with Crippen molar-refractivity contribution in [2.45, 2.75) is 32.7 Å². The second kappa shape index (κ2) is 6.68. The zero-order valence-corrected chi connectivity index (χ0v) is 12.9. The standard InChI is InChI=1S/C17H23N3O/c1-13(2)10-17(3,18)12-21-16-5-4-15(11-20-16)14-6-8-19-9-7-14/h4-9,11,13H,10,12,18H2,1-3H3. The smallest absolute Gasteiger partial charge is 0.213 e. The van der Waals surface area contributed by atoms with Gasteiger partial charge in [0.05, 0.1) is 0 Å². The van der Waals surface area contributed by atoms with Gasteiger partial charge in [-0.05, 0) is 43.0 Å². The number of aromatic nitrogens is 2. The van der Waals surface area contributed by atoms with Crippen molar-refractivity contribution < 1.29 is 4.74 Å². The first-order chi connectivity index (χ1) is 9.96. The topological polar surface area (TPSA) is 61.0 Å². The third-order valence-electron chi connectivity index (χ3n) is 3.17. The third kappa shape index (κ3) is 4.83. The Bertz CT molecular complexity index is 550. The lowest BCUT2D eigenvalue weighted by Gasteiger charge is -2.26. The van der Waals surface area contributed by atoms with Crippen LogP contribution in [0.1, 0.15) is 27.2 Å². The van der Waals surface area contributed by atoms with E-state index in [9.17, 15) is 0 Å². The largest absolute Gasteiger partial charge is 0.476 e. The maximum absolute atomic E-state index is 6.23. The van der Waals surface area contributed by atoms with Crippen LogP contribution in [0.25, 0.3) is 11.1 Å². The van der Waals surface area contributed by atoms with Gasteiger partial charge in [0.1, 0.15) is 6.61 Å². The van der Waals surface area contributed by atoms with E-state index in [0.717, 1.165) is 17.5 Å². The first-order valence-corrected chi connectivity index (χ1v) is 7.24. The van der Waals surface area contributed by atoms with E-state index in [0.29, 0.717) is 18.4 Å². The predicted octanol–water partition coefficient (Wildman–Crippen LogP) is 3.29. The van der Waals surface area contributed by atoms with Gasteiger partial charge in [0, 0.05) is 35.8 Å². The van der Waals surface area contributed by atoms with Crippen LogP contribution in [0.2, 0.25) is 0 Å². The number of nitrogens with zero attached hydrogens (tertiary/aromatic N) is 2. The van der Waals surface area contributed by atoms with Crippen LogP contribution in [0.4, 0.5) is 0 Å². The van der Waals surface area contributed by atoms with Crippen molar-refractivity contribution in [3.8, 4) is 17.0 Å². The molecule has 0 spiro atoms. The summed E-state index contributed by atoms with van der Waals surface area (Å²) in [4.78, 5) is 8.35. The number of hydrogen-bond acceptors (Lipinski definition) is 4. The van der Waals surface area contributed by atoms with E-state index < -0.39 is 0 Å². The summed E-state index contributed by atoms with van der Waals surface area (Å²) in [6.45, 7) is 6.80. The summed E-state index contributed by atoms with van der Waals surface area (Å²) in [5.74, 6) is 1.15. The molecular weight excluding hydrogens is 262 g/mol. The van der Waals surface area contributed by atoms with Gasteiger partial charge in [0.15, 0.2) is 0 Å². The Hall–Kier alpha value is -1.94. The highest BCUT2D eigenvalue weighted by Crippen LogP contribution is 2.20. The van der Waals surface area contributed by atoms with Crippen LogP contribution in [0.3, 0.4) is 0 Å². The molecule has 0 saturated carbocycles. The van der Waals surface area contributed by atoms with Gasteiger partial charge in [-0.15, -0.1) is 0 Å². The molecule has 112 valence electrons. The molecule has 0 aliphatic carbocycles. The van der Waals surface area contributed by atoms with E-state index in [2.05, 4.69) is 23.8 Å². The van der Waals surface area contributed by atoms with Gasteiger partial charge in [-0.25, -0.2) is 4.98 Å². The van der Waals surface area contributed by atoms with Crippen molar-refractivity contribution >= 4 is 0 Å². The molecule has 21 heavy (non-hydrogen) atoms. The van der Waals surface area contributed by atoms with Crippen molar-refractivity contribution in [1.29, 1.82) is 0 Å². The average Bonchev–Trinajstić information content (AvgIpc) is 2.45. The monoisotopic (exact) mass is 285 g/mol. The molecule has 2 aromatic rings. The molecule has 0 amide bonds. The minimum Gasteiger partial charge on any atom is -0.476 e. The van der Waals surface area contributed by atoms with Crippen LogP contribution in [0, 0.1) is 5.92 Å². The predicted molar refractivity (Wildman–Crippen MR) is 85.0 cm³/mol. The van der Waals surface area contributed by atoms with Crippen molar-refractivity contribution in [1.82, 2.24) is 9.97 Å². The van der Waals surface area contributed by atoms with Crippen molar-refractivity contribution in [2.24, 2.45) is 11.7 Å². The summed E-state index contributed by atoms with van der Waals surface area (Å²) >= 11 is 0. The highest BCUT2D eigenvalue weighted by molar-refractivity contribution is 5.61. The SMILES string of the molecule is CC(C)CC(C)(N)COc1ccc(-c2ccncc2)cn1. The quantitative estimate of drug-likeness (QED) is 0.884. The van der Waals surface area contributed by atoms with Gasteiger partial charge >= 0.3 is 0 Å². The van der Waals surface area contributed by atoms with E-state index >= 15 is 0 Å². The number of nitrogens with two attached hydrogens (primary N) is 1. The summed E-state index contributed by atoms with van der Waals surface area (Å²) in [6, 6.07) is 7.78. The molecule has 2 heterocycles. The summed E-state index contributed by atoms with van der Waals surface area (Å²) in [5, 5.41) is 0. The van der Waals surface area contributed by atoms with E-state index in [-0.39, 0.29) is 5.54 Å². The summed E-state index contributed by atoms with van der Waals surface area (Å²) in [7, 11) is 0. The van der Waals surface area contributed by atoms with Gasteiger partial charge in [0.2, 0.25) is 5.88 Å².